The summed E-state index contributed by atoms with van der Waals surface area (Å²) in [7, 11) is 1.80. The van der Waals surface area contributed by atoms with E-state index in [-0.39, 0.29) is 5.91 Å². The molecule has 0 aliphatic carbocycles. The van der Waals surface area contributed by atoms with Crippen molar-refractivity contribution >= 4 is 40.5 Å². The molecule has 0 bridgehead atoms. The summed E-state index contributed by atoms with van der Waals surface area (Å²) in [5, 5.41) is 0.936. The Morgan fingerprint density at radius 2 is 1.74 bits per heavy atom. The van der Waals surface area contributed by atoms with Crippen LogP contribution in [0.25, 0.3) is 0 Å². The van der Waals surface area contributed by atoms with Gasteiger partial charge in [0.05, 0.1) is 15.7 Å². The lowest BCUT2D eigenvalue weighted by molar-refractivity contribution is -0.136. The van der Waals surface area contributed by atoms with Crippen molar-refractivity contribution in [2.45, 2.75) is 19.4 Å². The number of rotatable bonds is 1. The number of benzene rings is 1. The Hall–Kier alpha value is -1.13. The Morgan fingerprint density at radius 1 is 1.21 bits per heavy atom. The minimum absolute atomic E-state index is 0.0442. The molecule has 0 unspecified atom stereocenters. The van der Waals surface area contributed by atoms with E-state index in [9.17, 15) is 4.79 Å². The molecule has 104 valence electrons. The molecule has 0 aromatic heterocycles. The van der Waals surface area contributed by atoms with E-state index in [0.717, 1.165) is 0 Å². The number of nitrogen functional groups attached to an aromatic ring is 1. The SMILES string of the molecule is CN1CCN(c2c(Cl)cc(N)cc2Cl)C(C)(C)C1=O. The quantitative estimate of drug-likeness (QED) is 0.811. The van der Waals surface area contributed by atoms with E-state index < -0.39 is 5.54 Å². The molecule has 0 radical (unpaired) electrons. The molecule has 1 aliphatic rings. The molecule has 1 amide bonds. The average Bonchev–Trinajstić information content (AvgIpc) is 2.28. The maximum atomic E-state index is 12.3. The first-order chi connectivity index (χ1) is 8.75. The number of halogens is 2. The first kappa shape index (κ1) is 14.3. The van der Waals surface area contributed by atoms with Crippen LogP contribution in [0.1, 0.15) is 13.8 Å². The van der Waals surface area contributed by atoms with Crippen LogP contribution in [0.2, 0.25) is 10.0 Å². The normalized spacial score (nSPS) is 18.9. The zero-order chi connectivity index (χ0) is 14.4. The highest BCUT2D eigenvalue weighted by atomic mass is 35.5. The summed E-state index contributed by atoms with van der Waals surface area (Å²) in [5.41, 5.74) is 6.21. The first-order valence-electron chi connectivity index (χ1n) is 6.03. The predicted octanol–water partition coefficient (Wildman–Crippen LogP) is 2.63. The molecule has 6 heteroatoms. The Kier molecular flexibility index (Phi) is 3.58. The second-order valence-corrected chi connectivity index (χ2v) is 6.08. The van der Waals surface area contributed by atoms with Gasteiger partial charge in [-0.1, -0.05) is 23.2 Å². The number of hydrogen-bond acceptors (Lipinski definition) is 3. The summed E-state index contributed by atoms with van der Waals surface area (Å²) in [6, 6.07) is 3.31. The van der Waals surface area contributed by atoms with E-state index in [2.05, 4.69) is 0 Å². The second-order valence-electron chi connectivity index (χ2n) is 5.27. The van der Waals surface area contributed by atoms with Crippen molar-refractivity contribution in [2.75, 3.05) is 30.8 Å². The van der Waals surface area contributed by atoms with Gasteiger partial charge in [0.1, 0.15) is 5.54 Å². The number of piperazine rings is 1. The summed E-state index contributed by atoms with van der Waals surface area (Å²) >= 11 is 12.5. The van der Waals surface area contributed by atoms with E-state index in [1.165, 1.54) is 0 Å². The Balaban J connectivity index is 2.50. The summed E-state index contributed by atoms with van der Waals surface area (Å²) in [6.07, 6.45) is 0. The summed E-state index contributed by atoms with van der Waals surface area (Å²) in [4.78, 5) is 16.0. The van der Waals surface area contributed by atoms with Gasteiger partial charge in [-0.05, 0) is 26.0 Å². The van der Waals surface area contributed by atoms with Crippen LogP contribution in [0.5, 0.6) is 0 Å². The molecule has 0 spiro atoms. The number of amides is 1. The van der Waals surface area contributed by atoms with Gasteiger partial charge < -0.3 is 15.5 Å². The highest BCUT2D eigenvalue weighted by Crippen LogP contribution is 2.40. The van der Waals surface area contributed by atoms with E-state index in [1.54, 1.807) is 24.1 Å². The summed E-state index contributed by atoms with van der Waals surface area (Å²) in [5.74, 6) is 0.0442. The number of likely N-dealkylation sites (N-methyl/N-ethyl adjacent to an activating group) is 1. The molecule has 19 heavy (non-hydrogen) atoms. The molecule has 2 N–H and O–H groups in total. The number of nitrogens with zero attached hydrogens (tertiary/aromatic N) is 2. The lowest BCUT2D eigenvalue weighted by Crippen LogP contribution is -2.62. The van der Waals surface area contributed by atoms with Gasteiger partial charge in [0.2, 0.25) is 5.91 Å². The smallest absolute Gasteiger partial charge is 0.247 e. The van der Waals surface area contributed by atoms with Gasteiger partial charge in [-0.15, -0.1) is 0 Å². The minimum Gasteiger partial charge on any atom is -0.399 e. The predicted molar refractivity (Wildman–Crippen MR) is 79.9 cm³/mol. The maximum absolute atomic E-state index is 12.3. The van der Waals surface area contributed by atoms with E-state index in [1.807, 2.05) is 18.7 Å². The molecule has 1 aliphatic heterocycles. The number of carbonyl (C=O) groups is 1. The summed E-state index contributed by atoms with van der Waals surface area (Å²) < 4.78 is 0. The zero-order valence-electron chi connectivity index (χ0n) is 11.2. The molecular weight excluding hydrogens is 285 g/mol. The van der Waals surface area contributed by atoms with Crippen molar-refractivity contribution in [1.29, 1.82) is 0 Å². The molecule has 4 nitrogen and oxygen atoms in total. The molecule has 1 fully saturated rings. The third kappa shape index (κ3) is 2.35. The van der Waals surface area contributed by atoms with Crippen molar-refractivity contribution in [1.82, 2.24) is 4.90 Å². The number of nitrogens with two attached hydrogens (primary N) is 1. The maximum Gasteiger partial charge on any atom is 0.247 e. The molecule has 1 heterocycles. The van der Waals surface area contributed by atoms with Crippen LogP contribution in [0.15, 0.2) is 12.1 Å². The van der Waals surface area contributed by atoms with Gasteiger partial charge in [-0.2, -0.15) is 0 Å². The number of hydrogen-bond donors (Lipinski definition) is 1. The van der Waals surface area contributed by atoms with Crippen molar-refractivity contribution in [3.63, 3.8) is 0 Å². The fourth-order valence-corrected chi connectivity index (χ4v) is 3.16. The van der Waals surface area contributed by atoms with Gasteiger partial charge in [0, 0.05) is 25.8 Å². The van der Waals surface area contributed by atoms with Crippen molar-refractivity contribution < 1.29 is 4.79 Å². The van der Waals surface area contributed by atoms with Crippen LogP contribution in [-0.2, 0) is 4.79 Å². The molecule has 1 aromatic rings. The minimum atomic E-state index is -0.684. The van der Waals surface area contributed by atoms with Crippen molar-refractivity contribution in [2.24, 2.45) is 0 Å². The van der Waals surface area contributed by atoms with E-state index in [4.69, 9.17) is 28.9 Å². The Bertz CT molecular complexity index is 508. The lowest BCUT2D eigenvalue weighted by atomic mass is 9.96. The number of carbonyl (C=O) groups excluding carboxylic acids is 1. The Morgan fingerprint density at radius 3 is 2.26 bits per heavy atom. The third-order valence-electron chi connectivity index (χ3n) is 3.51. The van der Waals surface area contributed by atoms with Crippen LogP contribution in [0.3, 0.4) is 0 Å². The van der Waals surface area contributed by atoms with Crippen LogP contribution in [0.4, 0.5) is 11.4 Å². The fourth-order valence-electron chi connectivity index (χ4n) is 2.45. The lowest BCUT2D eigenvalue weighted by Gasteiger charge is -2.46. The van der Waals surface area contributed by atoms with Crippen LogP contribution < -0.4 is 10.6 Å². The first-order valence-corrected chi connectivity index (χ1v) is 6.78. The Labute approximate surface area is 123 Å². The van der Waals surface area contributed by atoms with Crippen LogP contribution in [0, 0.1) is 0 Å². The molecule has 2 rings (SSSR count). The standard InChI is InChI=1S/C13H17Cl2N3O/c1-13(2)12(19)17(3)4-5-18(13)11-9(14)6-8(16)7-10(11)15/h6-7H,4-5,16H2,1-3H3. The highest BCUT2D eigenvalue weighted by Gasteiger charge is 2.41. The van der Waals surface area contributed by atoms with Gasteiger partial charge in [-0.3, -0.25) is 4.79 Å². The monoisotopic (exact) mass is 301 g/mol. The molecule has 0 atom stereocenters. The van der Waals surface area contributed by atoms with E-state index in [0.29, 0.717) is 34.5 Å². The highest BCUT2D eigenvalue weighted by molar-refractivity contribution is 6.39. The van der Waals surface area contributed by atoms with Gasteiger partial charge in [0.15, 0.2) is 0 Å². The van der Waals surface area contributed by atoms with Gasteiger partial charge in [-0.25, -0.2) is 0 Å². The molecule has 1 saturated heterocycles. The average molecular weight is 302 g/mol. The molecule has 0 saturated carbocycles. The van der Waals surface area contributed by atoms with Gasteiger partial charge >= 0.3 is 0 Å². The van der Waals surface area contributed by atoms with Crippen molar-refractivity contribution in [3.05, 3.63) is 22.2 Å². The largest absolute Gasteiger partial charge is 0.399 e. The second kappa shape index (κ2) is 4.76. The molecule has 1 aromatic carbocycles. The van der Waals surface area contributed by atoms with Crippen molar-refractivity contribution in [3.8, 4) is 0 Å². The summed E-state index contributed by atoms with van der Waals surface area (Å²) in [6.45, 7) is 5.06. The van der Waals surface area contributed by atoms with E-state index >= 15 is 0 Å². The zero-order valence-corrected chi connectivity index (χ0v) is 12.7. The molecular formula is C13H17Cl2N3O. The number of anilines is 2. The topological polar surface area (TPSA) is 49.6 Å². The van der Waals surface area contributed by atoms with Crippen LogP contribution in [-0.4, -0.2) is 36.5 Å². The van der Waals surface area contributed by atoms with Crippen LogP contribution >= 0.6 is 23.2 Å². The third-order valence-corrected chi connectivity index (χ3v) is 4.09. The fraction of sp³-hybridized carbons (Fsp3) is 0.462. The van der Waals surface area contributed by atoms with Gasteiger partial charge in [0.25, 0.3) is 0 Å².